The van der Waals surface area contributed by atoms with E-state index >= 15 is 0 Å². The summed E-state index contributed by atoms with van der Waals surface area (Å²) in [5, 5.41) is 13.3. The van der Waals surface area contributed by atoms with Crippen LogP contribution < -0.4 is 11.1 Å². The van der Waals surface area contributed by atoms with E-state index in [4.69, 9.17) is 25.0 Å². The van der Waals surface area contributed by atoms with Crippen molar-refractivity contribution in [3.05, 3.63) is 82.5 Å². The van der Waals surface area contributed by atoms with Gasteiger partial charge in [-0.05, 0) is 41.6 Å². The van der Waals surface area contributed by atoms with Crippen molar-refractivity contribution >= 4 is 27.1 Å². The molecule has 2 atom stereocenters. The van der Waals surface area contributed by atoms with E-state index in [2.05, 4.69) is 30.4 Å². The molecule has 166 valence electrons. The Morgan fingerprint density at radius 3 is 2.87 bits per heavy atom. The van der Waals surface area contributed by atoms with Crippen LogP contribution in [0, 0.1) is 17.2 Å². The fourth-order valence-corrected chi connectivity index (χ4v) is 5.00. The second-order valence-corrected chi connectivity index (χ2v) is 8.65. The number of ether oxygens (including phenoxy) is 2. The molecule has 0 saturated heterocycles. The van der Waals surface area contributed by atoms with Gasteiger partial charge in [0.15, 0.2) is 0 Å². The number of benzene rings is 1. The number of furan rings is 1. The monoisotopic (exact) mass is 441 g/mol. The van der Waals surface area contributed by atoms with Gasteiger partial charge in [0, 0.05) is 29.6 Å². The first kappa shape index (κ1) is 21.4. The van der Waals surface area contributed by atoms with Crippen molar-refractivity contribution in [1.29, 1.82) is 5.41 Å². The smallest absolute Gasteiger partial charge is 0.122 e. The highest BCUT2D eigenvalue weighted by molar-refractivity contribution is 7.20. The molecular weight excluding hydrogens is 410 g/mol. The lowest BCUT2D eigenvalue weighted by Gasteiger charge is -2.32. The Balaban J connectivity index is 0.00000193. The van der Waals surface area contributed by atoms with E-state index < -0.39 is 0 Å². The van der Waals surface area contributed by atoms with Crippen LogP contribution in [0.1, 0.15) is 20.4 Å². The maximum Gasteiger partial charge on any atom is 0.122 e. The van der Waals surface area contributed by atoms with Crippen molar-refractivity contribution in [2.24, 2.45) is 17.6 Å². The number of allylic oxidation sites excluding steroid dienone is 2. The van der Waals surface area contributed by atoms with E-state index in [0.29, 0.717) is 31.3 Å². The lowest BCUT2D eigenvalue weighted by molar-refractivity contribution is 0.122. The van der Waals surface area contributed by atoms with Gasteiger partial charge < -0.3 is 25.0 Å². The second-order valence-electron chi connectivity index (χ2n) is 7.57. The number of nitrogens with one attached hydrogen (secondary N) is 2. The second kappa shape index (κ2) is 9.51. The summed E-state index contributed by atoms with van der Waals surface area (Å²) in [6.07, 6.45) is 3.49. The third-order valence-corrected chi connectivity index (χ3v) is 6.74. The molecule has 1 aliphatic rings. The molecule has 31 heavy (non-hydrogen) atoms. The van der Waals surface area contributed by atoms with Gasteiger partial charge in [-0.1, -0.05) is 25.1 Å². The lowest BCUT2D eigenvalue weighted by Crippen LogP contribution is -2.33. The lowest BCUT2D eigenvalue weighted by atomic mass is 9.77. The minimum absolute atomic E-state index is 0. The Labute approximate surface area is 188 Å². The Morgan fingerprint density at radius 1 is 1.29 bits per heavy atom. The number of hydrogen-bond acceptors (Lipinski definition) is 7. The summed E-state index contributed by atoms with van der Waals surface area (Å²) in [6, 6.07) is 14.0. The zero-order chi connectivity index (χ0) is 21.8. The van der Waals surface area contributed by atoms with E-state index in [1.54, 1.807) is 24.7 Å². The zero-order valence-corrected chi connectivity index (χ0v) is 18.5. The Morgan fingerprint density at radius 2 is 2.13 bits per heavy atom. The first-order chi connectivity index (χ1) is 15.1. The molecule has 6 nitrogen and oxygen atoms in total. The first-order valence-corrected chi connectivity index (χ1v) is 11.0. The molecule has 0 amide bonds. The predicted molar refractivity (Wildman–Crippen MR) is 128 cm³/mol. The van der Waals surface area contributed by atoms with Crippen molar-refractivity contribution in [1.82, 2.24) is 5.32 Å². The van der Waals surface area contributed by atoms with Crippen LogP contribution in [-0.2, 0) is 16.0 Å². The van der Waals surface area contributed by atoms with Gasteiger partial charge in [0.25, 0.3) is 0 Å². The van der Waals surface area contributed by atoms with E-state index in [1.165, 1.54) is 4.70 Å². The summed E-state index contributed by atoms with van der Waals surface area (Å²) in [4.78, 5) is 0.940. The van der Waals surface area contributed by atoms with Crippen molar-refractivity contribution in [3.8, 4) is 0 Å². The summed E-state index contributed by atoms with van der Waals surface area (Å²) in [6.45, 7) is 3.46. The van der Waals surface area contributed by atoms with Crippen LogP contribution in [0.25, 0.3) is 10.1 Å². The minimum atomic E-state index is -0.221. The maximum absolute atomic E-state index is 8.92. The van der Waals surface area contributed by atoms with E-state index in [9.17, 15) is 0 Å². The van der Waals surface area contributed by atoms with Crippen molar-refractivity contribution in [3.63, 3.8) is 0 Å². The predicted octanol–water partition coefficient (Wildman–Crippen LogP) is 5.13. The first-order valence-electron chi connectivity index (χ1n) is 10.2. The molecule has 0 aliphatic heterocycles. The van der Waals surface area contributed by atoms with Crippen molar-refractivity contribution in [2.75, 3.05) is 20.4 Å². The molecular formula is C24H31N3O3S. The zero-order valence-electron chi connectivity index (χ0n) is 17.7. The molecule has 3 aromatic rings. The summed E-state index contributed by atoms with van der Waals surface area (Å²) in [7, 11) is 1.64. The Bertz CT molecular complexity index is 1090. The average molecular weight is 442 g/mol. The molecule has 2 unspecified atom stereocenters. The van der Waals surface area contributed by atoms with E-state index in [1.807, 2.05) is 30.3 Å². The fraction of sp³-hybridized carbons (Fsp3) is 0.292. The SMILES string of the molecule is COC1=C(COCNCc2ccco2)C(C)C(C(=N)c2cc3ccccc3s2)C(N)=C1.[HH].[HH]. The van der Waals surface area contributed by atoms with E-state index in [0.717, 1.165) is 27.4 Å². The quantitative estimate of drug-likeness (QED) is 0.243. The third kappa shape index (κ3) is 4.58. The maximum atomic E-state index is 8.92. The molecule has 4 rings (SSSR count). The van der Waals surface area contributed by atoms with Crippen LogP contribution in [-0.4, -0.2) is 26.2 Å². The van der Waals surface area contributed by atoms with Gasteiger partial charge >= 0.3 is 0 Å². The topological polar surface area (TPSA) is 93.5 Å². The molecule has 2 heterocycles. The molecule has 1 aromatic carbocycles. The number of methoxy groups -OCH3 is 1. The van der Waals surface area contributed by atoms with Gasteiger partial charge in [-0.2, -0.15) is 0 Å². The molecule has 0 radical (unpaired) electrons. The third-order valence-electron chi connectivity index (χ3n) is 5.59. The molecule has 2 aromatic heterocycles. The van der Waals surface area contributed by atoms with E-state index in [-0.39, 0.29) is 14.7 Å². The van der Waals surface area contributed by atoms with Gasteiger partial charge in [-0.25, -0.2) is 0 Å². The van der Waals surface area contributed by atoms with Crippen LogP contribution in [0.4, 0.5) is 0 Å². The number of thiophene rings is 1. The molecule has 0 spiro atoms. The molecule has 0 bridgehead atoms. The number of rotatable bonds is 9. The van der Waals surface area contributed by atoms with Gasteiger partial charge in [-0.15, -0.1) is 11.3 Å². The van der Waals surface area contributed by atoms with Gasteiger partial charge in [0.1, 0.15) is 11.5 Å². The molecule has 0 saturated carbocycles. The van der Waals surface area contributed by atoms with Crippen LogP contribution in [0.3, 0.4) is 0 Å². The summed E-state index contributed by atoms with van der Waals surface area (Å²) < 4.78 is 17.9. The van der Waals surface area contributed by atoms with Gasteiger partial charge in [0.2, 0.25) is 0 Å². The summed E-state index contributed by atoms with van der Waals surface area (Å²) >= 11 is 1.63. The summed E-state index contributed by atoms with van der Waals surface area (Å²) in [5.41, 5.74) is 8.59. The summed E-state index contributed by atoms with van der Waals surface area (Å²) in [5.74, 6) is 1.35. The number of hydrogen-bond donors (Lipinski definition) is 3. The number of nitrogens with two attached hydrogens (primary N) is 1. The normalized spacial score (nSPS) is 19.0. The molecule has 1 aliphatic carbocycles. The van der Waals surface area contributed by atoms with Crippen LogP contribution in [0.15, 0.2) is 76.3 Å². The standard InChI is InChI=1S/C24H27N3O3S.2H2/c1-15-18(13-29-14-27-12-17-7-5-9-30-17)20(28-2)11-19(25)23(15)24(26)22-10-16-6-3-4-8-21(16)31-22;;/h3-11,15,23,26-27H,12-14,25H2,1-2H3;2*1H. The van der Waals surface area contributed by atoms with Crippen molar-refractivity contribution in [2.45, 2.75) is 13.5 Å². The fourth-order valence-electron chi connectivity index (χ4n) is 3.95. The minimum Gasteiger partial charge on any atom is -0.497 e. The van der Waals surface area contributed by atoms with Crippen LogP contribution in [0.2, 0.25) is 0 Å². The van der Waals surface area contributed by atoms with Gasteiger partial charge in [0.05, 0.1) is 39.0 Å². The number of fused-ring (bicyclic) bond motifs is 1. The highest BCUT2D eigenvalue weighted by Crippen LogP contribution is 2.37. The largest absolute Gasteiger partial charge is 0.497 e. The van der Waals surface area contributed by atoms with Crippen LogP contribution in [0.5, 0.6) is 0 Å². The molecule has 0 fully saturated rings. The molecule has 7 heteroatoms. The van der Waals surface area contributed by atoms with Crippen LogP contribution >= 0.6 is 11.3 Å². The Hall–Kier alpha value is -2.87. The highest BCUT2D eigenvalue weighted by Gasteiger charge is 2.34. The highest BCUT2D eigenvalue weighted by atomic mass is 32.1. The Kier molecular flexibility index (Phi) is 6.56. The molecule has 4 N–H and O–H groups in total. The van der Waals surface area contributed by atoms with Gasteiger partial charge in [-0.3, -0.25) is 5.32 Å². The average Bonchev–Trinajstić information content (AvgIpc) is 3.44. The van der Waals surface area contributed by atoms with Crippen molar-refractivity contribution < 1.29 is 16.7 Å².